The summed E-state index contributed by atoms with van der Waals surface area (Å²) in [4.78, 5) is 11.5. The van der Waals surface area contributed by atoms with Crippen molar-refractivity contribution in [2.24, 2.45) is 23.2 Å². The number of fused-ring (bicyclic) bond motifs is 2. The molecule has 3 aliphatic carbocycles. The normalized spacial score (nSPS) is 38.5. The van der Waals surface area contributed by atoms with Crippen molar-refractivity contribution in [2.75, 3.05) is 0 Å². The number of halogens is 2. The highest BCUT2D eigenvalue weighted by Gasteiger charge is 2.64. The largest absolute Gasteiger partial charge is 0.465 e. The molecule has 0 spiro atoms. The first-order valence-electron chi connectivity index (χ1n) is 6.82. The Balaban J connectivity index is 2.19. The van der Waals surface area contributed by atoms with E-state index in [4.69, 9.17) is 9.29 Å². The predicted molar refractivity (Wildman–Crippen MR) is 70.2 cm³/mol. The summed E-state index contributed by atoms with van der Waals surface area (Å²) in [5.41, 5.74) is -1.08. The number of carbonyl (C=O) groups is 1. The third-order valence-electron chi connectivity index (χ3n) is 5.65. The Morgan fingerprint density at radius 1 is 1.33 bits per heavy atom. The van der Waals surface area contributed by atoms with E-state index in [9.17, 15) is 22.0 Å². The number of rotatable bonds is 3. The Bertz CT molecular complexity index is 571. The van der Waals surface area contributed by atoms with E-state index in [2.05, 4.69) is 13.8 Å². The molecule has 3 saturated carbocycles. The molecule has 3 rings (SSSR count). The highest BCUT2D eigenvalue weighted by molar-refractivity contribution is 7.87. The minimum absolute atomic E-state index is 0.0664. The fourth-order valence-corrected chi connectivity index (χ4v) is 4.12. The SMILES string of the molecule is CC1C2CC(CC1(C)OC(=O)C(F)(F)S(=O)(=O)O)C2(C)C. The molecule has 0 aromatic carbocycles. The van der Waals surface area contributed by atoms with Gasteiger partial charge in [0.2, 0.25) is 0 Å². The van der Waals surface area contributed by atoms with Gasteiger partial charge in [-0.3, -0.25) is 4.55 Å². The summed E-state index contributed by atoms with van der Waals surface area (Å²) in [5, 5.41) is -4.94. The minimum Gasteiger partial charge on any atom is -0.454 e. The van der Waals surface area contributed by atoms with Gasteiger partial charge in [-0.25, -0.2) is 4.79 Å². The monoisotopic (exact) mass is 326 g/mol. The van der Waals surface area contributed by atoms with Gasteiger partial charge in [-0.15, -0.1) is 0 Å². The Morgan fingerprint density at radius 2 is 1.86 bits per heavy atom. The van der Waals surface area contributed by atoms with Crippen molar-refractivity contribution in [2.45, 2.75) is 51.4 Å². The van der Waals surface area contributed by atoms with Gasteiger partial charge in [0, 0.05) is 0 Å². The zero-order chi connectivity index (χ0) is 16.4. The molecule has 5 nitrogen and oxygen atoms in total. The minimum atomic E-state index is -5.83. The van der Waals surface area contributed by atoms with Crippen molar-refractivity contribution in [3.05, 3.63) is 0 Å². The number of hydrogen-bond donors (Lipinski definition) is 1. The average Bonchev–Trinajstić information content (AvgIpc) is 2.30. The van der Waals surface area contributed by atoms with Gasteiger partial charge in [0.05, 0.1) is 0 Å². The lowest BCUT2D eigenvalue weighted by atomic mass is 9.42. The second-order valence-electron chi connectivity index (χ2n) is 7.05. The van der Waals surface area contributed by atoms with Crippen molar-refractivity contribution in [1.29, 1.82) is 0 Å². The van der Waals surface area contributed by atoms with Crippen LogP contribution in [0.4, 0.5) is 8.78 Å². The fourth-order valence-electron chi connectivity index (χ4n) is 3.86. The summed E-state index contributed by atoms with van der Waals surface area (Å²) in [6.45, 7) is 7.55. The summed E-state index contributed by atoms with van der Waals surface area (Å²) < 4.78 is 61.2. The molecule has 4 unspecified atom stereocenters. The Labute approximate surface area is 122 Å². The van der Waals surface area contributed by atoms with E-state index in [0.717, 1.165) is 6.42 Å². The quantitative estimate of drug-likeness (QED) is 0.636. The lowest BCUT2D eigenvalue weighted by molar-refractivity contribution is -0.228. The van der Waals surface area contributed by atoms with E-state index in [1.54, 1.807) is 6.92 Å². The second kappa shape index (κ2) is 4.38. The molecule has 0 heterocycles. The van der Waals surface area contributed by atoms with E-state index >= 15 is 0 Å². The van der Waals surface area contributed by atoms with Crippen molar-refractivity contribution in [1.82, 2.24) is 0 Å². The van der Waals surface area contributed by atoms with E-state index < -0.39 is 26.9 Å². The predicted octanol–water partition coefficient (Wildman–Crippen LogP) is 2.47. The van der Waals surface area contributed by atoms with Crippen LogP contribution in [-0.4, -0.2) is 29.8 Å². The van der Waals surface area contributed by atoms with E-state index in [-0.39, 0.29) is 23.2 Å². The molecule has 0 aromatic heterocycles. The van der Waals surface area contributed by atoms with Crippen molar-refractivity contribution < 1.29 is 31.3 Å². The van der Waals surface area contributed by atoms with Gasteiger partial charge in [0.1, 0.15) is 5.60 Å². The molecule has 122 valence electrons. The molecule has 3 fully saturated rings. The summed E-state index contributed by atoms with van der Waals surface area (Å²) in [5.74, 6) is -1.90. The number of ether oxygens (including phenoxy) is 1. The summed E-state index contributed by atoms with van der Waals surface area (Å²) in [6.07, 6.45) is 1.36. The van der Waals surface area contributed by atoms with E-state index in [1.165, 1.54) is 0 Å². The van der Waals surface area contributed by atoms with Crippen LogP contribution in [0.15, 0.2) is 0 Å². The molecule has 0 aliphatic heterocycles. The van der Waals surface area contributed by atoms with Gasteiger partial charge < -0.3 is 4.74 Å². The van der Waals surface area contributed by atoms with Gasteiger partial charge in [0.15, 0.2) is 0 Å². The Kier molecular flexibility index (Phi) is 3.46. The molecule has 0 saturated heterocycles. The highest BCUT2D eigenvalue weighted by Crippen LogP contribution is 2.64. The van der Waals surface area contributed by atoms with Gasteiger partial charge in [-0.2, -0.15) is 17.2 Å². The standard InChI is InChI=1S/C13H20F2O5S/c1-7-9-5-8(11(9,2)3)6-12(7,4)20-10(16)13(14,15)21(17,18)19/h7-9H,5-6H2,1-4H3,(H,17,18,19). The van der Waals surface area contributed by atoms with Crippen LogP contribution in [0, 0.1) is 23.2 Å². The maximum Gasteiger partial charge on any atom is 0.465 e. The number of alkyl halides is 2. The van der Waals surface area contributed by atoms with E-state index in [1.807, 2.05) is 6.92 Å². The first-order valence-corrected chi connectivity index (χ1v) is 8.26. The molecule has 0 aromatic rings. The molecule has 2 bridgehead atoms. The molecule has 1 N–H and O–H groups in total. The third-order valence-corrected chi connectivity index (χ3v) is 6.47. The molecular weight excluding hydrogens is 306 g/mol. The Hall–Kier alpha value is -0.760. The van der Waals surface area contributed by atoms with Gasteiger partial charge in [-0.1, -0.05) is 20.8 Å². The molecule has 8 heteroatoms. The fraction of sp³-hybridized carbons (Fsp3) is 0.923. The molecule has 3 aliphatic rings. The maximum atomic E-state index is 13.3. The molecule has 21 heavy (non-hydrogen) atoms. The van der Waals surface area contributed by atoms with Crippen LogP contribution >= 0.6 is 0 Å². The van der Waals surface area contributed by atoms with Crippen LogP contribution in [0.25, 0.3) is 0 Å². The highest BCUT2D eigenvalue weighted by atomic mass is 32.2. The van der Waals surface area contributed by atoms with Crippen LogP contribution in [0.5, 0.6) is 0 Å². The first-order chi connectivity index (χ1) is 9.23. The summed E-state index contributed by atoms with van der Waals surface area (Å²) in [7, 11) is -5.83. The molecule has 0 radical (unpaired) electrons. The summed E-state index contributed by atoms with van der Waals surface area (Å²) >= 11 is 0. The topological polar surface area (TPSA) is 80.7 Å². The van der Waals surface area contributed by atoms with Crippen LogP contribution in [0.2, 0.25) is 0 Å². The van der Waals surface area contributed by atoms with Crippen LogP contribution in [-0.2, 0) is 19.6 Å². The molecule has 4 atom stereocenters. The van der Waals surface area contributed by atoms with E-state index in [0.29, 0.717) is 6.42 Å². The van der Waals surface area contributed by atoms with Gasteiger partial charge in [-0.05, 0) is 42.9 Å². The van der Waals surface area contributed by atoms with Crippen LogP contribution in [0.1, 0.15) is 40.5 Å². The number of esters is 1. The number of carbonyl (C=O) groups excluding carboxylic acids is 1. The zero-order valence-corrected chi connectivity index (χ0v) is 13.2. The lowest BCUT2D eigenvalue weighted by Gasteiger charge is -2.64. The zero-order valence-electron chi connectivity index (χ0n) is 12.4. The van der Waals surface area contributed by atoms with Crippen LogP contribution < -0.4 is 0 Å². The maximum absolute atomic E-state index is 13.3. The Morgan fingerprint density at radius 3 is 2.24 bits per heavy atom. The van der Waals surface area contributed by atoms with Crippen LogP contribution in [0.3, 0.4) is 0 Å². The second-order valence-corrected chi connectivity index (χ2v) is 8.51. The van der Waals surface area contributed by atoms with Gasteiger partial charge in [0.25, 0.3) is 0 Å². The average molecular weight is 326 g/mol. The van der Waals surface area contributed by atoms with Crippen molar-refractivity contribution in [3.63, 3.8) is 0 Å². The third kappa shape index (κ3) is 2.27. The summed E-state index contributed by atoms with van der Waals surface area (Å²) in [6, 6.07) is 0. The first kappa shape index (κ1) is 16.6. The lowest BCUT2D eigenvalue weighted by Crippen LogP contribution is -2.63. The van der Waals surface area contributed by atoms with Gasteiger partial charge >= 0.3 is 21.3 Å². The van der Waals surface area contributed by atoms with Crippen molar-refractivity contribution >= 4 is 16.1 Å². The smallest absolute Gasteiger partial charge is 0.454 e. The van der Waals surface area contributed by atoms with Crippen molar-refractivity contribution in [3.8, 4) is 0 Å². The molecular formula is C13H20F2O5S. The number of hydrogen-bond acceptors (Lipinski definition) is 4. The molecule has 0 amide bonds.